The van der Waals surface area contributed by atoms with Gasteiger partial charge in [0.05, 0.1) is 25.1 Å². The fourth-order valence-corrected chi connectivity index (χ4v) is 3.22. The third-order valence-corrected chi connectivity index (χ3v) is 5.14. The number of carbonyl (C=O) groups is 5. The molecule has 0 spiro atoms. The molecule has 190 valence electrons. The number of nitrogens with zero attached hydrogens (tertiary/aromatic N) is 2. The van der Waals surface area contributed by atoms with Crippen molar-refractivity contribution in [2.24, 2.45) is 11.5 Å². The van der Waals surface area contributed by atoms with Crippen molar-refractivity contribution >= 4 is 42.2 Å². The zero-order chi connectivity index (χ0) is 26.0. The molecule has 2 rings (SSSR count). The first kappa shape index (κ1) is 27.3. The smallest absolute Gasteiger partial charge is 0.327 e. The van der Waals surface area contributed by atoms with Crippen LogP contribution >= 0.6 is 12.6 Å². The summed E-state index contributed by atoms with van der Waals surface area (Å²) in [7, 11) is 0. The molecule has 0 aliphatic rings. The van der Waals surface area contributed by atoms with E-state index >= 15 is 0 Å². The van der Waals surface area contributed by atoms with Gasteiger partial charge in [-0.3, -0.25) is 19.2 Å². The van der Waals surface area contributed by atoms with Gasteiger partial charge in [0.2, 0.25) is 23.6 Å². The Morgan fingerprint density at radius 2 is 1.34 bits per heavy atom. The lowest BCUT2D eigenvalue weighted by atomic mass is 10.1. The fraction of sp³-hybridized carbons (Fsp3) is 0.421. The third-order valence-electron chi connectivity index (χ3n) is 4.78. The summed E-state index contributed by atoms with van der Waals surface area (Å²) in [6.45, 7) is 0. The van der Waals surface area contributed by atoms with Crippen LogP contribution in [0, 0.1) is 0 Å². The third kappa shape index (κ3) is 8.74. The lowest BCUT2D eigenvalue weighted by Gasteiger charge is -2.24. The highest BCUT2D eigenvalue weighted by Gasteiger charge is 2.31. The second-order valence-electron chi connectivity index (χ2n) is 7.54. The Morgan fingerprint density at radius 3 is 1.71 bits per heavy atom. The number of rotatable bonds is 14. The van der Waals surface area contributed by atoms with Gasteiger partial charge in [-0.2, -0.15) is 12.6 Å². The molecule has 4 atom stereocenters. The number of thiol groups is 1. The van der Waals surface area contributed by atoms with Crippen molar-refractivity contribution in [2.45, 2.75) is 43.4 Å². The number of carboxylic acids is 1. The van der Waals surface area contributed by atoms with Crippen LogP contribution in [0.5, 0.6) is 0 Å². The molecule has 0 bridgehead atoms. The Morgan fingerprint density at radius 1 is 0.886 bits per heavy atom. The minimum absolute atomic E-state index is 0.0480. The minimum Gasteiger partial charge on any atom is -0.480 e. The SMILES string of the molecule is NC(=O)CC(N)C(=O)NC(Cc1cnc[nH]1)C(=O)NC(Cc1cnc[nH]1)C(=O)NC(CS)C(=O)O. The van der Waals surface area contributed by atoms with Gasteiger partial charge in [0, 0.05) is 42.4 Å². The number of primary amides is 1. The Bertz CT molecular complexity index is 1010. The Kier molecular flexibility index (Phi) is 10.2. The quantitative estimate of drug-likeness (QED) is 0.115. The summed E-state index contributed by atoms with van der Waals surface area (Å²) in [6, 6.07) is -5.04. The van der Waals surface area contributed by atoms with Gasteiger partial charge in [0.1, 0.15) is 18.1 Å². The molecule has 0 aliphatic heterocycles. The molecule has 2 aromatic rings. The predicted octanol–water partition coefficient (Wildman–Crippen LogP) is -3.41. The van der Waals surface area contributed by atoms with Crippen molar-refractivity contribution in [3.05, 3.63) is 36.4 Å². The summed E-state index contributed by atoms with van der Waals surface area (Å²) in [4.78, 5) is 74.2. The highest BCUT2D eigenvalue weighted by Crippen LogP contribution is 2.05. The molecule has 4 unspecified atom stereocenters. The first-order valence-corrected chi connectivity index (χ1v) is 11.0. The van der Waals surface area contributed by atoms with Crippen LogP contribution < -0.4 is 27.4 Å². The maximum atomic E-state index is 13.2. The monoisotopic (exact) mass is 509 g/mol. The van der Waals surface area contributed by atoms with Crippen molar-refractivity contribution in [3.63, 3.8) is 0 Å². The standard InChI is InChI=1S/C19H27N9O6S/c20-11(3-15(21)29)16(30)26-12(1-9-4-22-7-24-9)17(31)27-13(2-10-5-23-8-25-10)18(32)28-14(6-35)19(33)34/h4-5,7-8,11-14,35H,1-3,6,20H2,(H2,21,29)(H,22,24)(H,23,25)(H,26,30)(H,27,31)(H,28,32)(H,33,34). The van der Waals surface area contributed by atoms with Crippen molar-refractivity contribution in [1.82, 2.24) is 35.9 Å². The van der Waals surface area contributed by atoms with Crippen molar-refractivity contribution in [1.29, 1.82) is 0 Å². The molecular formula is C19H27N9O6S. The van der Waals surface area contributed by atoms with Gasteiger partial charge in [-0.1, -0.05) is 0 Å². The Balaban J connectivity index is 2.22. The van der Waals surface area contributed by atoms with E-state index in [1.807, 2.05) is 0 Å². The summed E-state index contributed by atoms with van der Waals surface area (Å²) in [5, 5.41) is 16.5. The van der Waals surface area contributed by atoms with E-state index in [1.165, 1.54) is 25.0 Å². The number of H-pyrrole nitrogens is 2. The van der Waals surface area contributed by atoms with Crippen LogP contribution in [0.1, 0.15) is 17.8 Å². The number of aliphatic carboxylic acids is 1. The normalized spacial score (nSPS) is 14.2. The van der Waals surface area contributed by atoms with Gasteiger partial charge in [-0.15, -0.1) is 0 Å². The maximum Gasteiger partial charge on any atom is 0.327 e. The van der Waals surface area contributed by atoms with Crippen molar-refractivity contribution in [2.75, 3.05) is 5.75 Å². The lowest BCUT2D eigenvalue weighted by molar-refractivity contribution is -0.141. The number of carboxylic acid groups (broad SMARTS) is 1. The molecule has 0 saturated carbocycles. The number of hydrogen-bond acceptors (Lipinski definition) is 9. The molecule has 15 nitrogen and oxygen atoms in total. The number of imidazole rings is 2. The molecule has 2 heterocycles. The number of amides is 4. The Labute approximate surface area is 204 Å². The van der Waals surface area contributed by atoms with E-state index in [0.29, 0.717) is 11.4 Å². The first-order chi connectivity index (χ1) is 16.6. The second-order valence-corrected chi connectivity index (χ2v) is 7.91. The van der Waals surface area contributed by atoms with E-state index in [0.717, 1.165) is 0 Å². The van der Waals surface area contributed by atoms with E-state index in [1.54, 1.807) is 0 Å². The zero-order valence-corrected chi connectivity index (χ0v) is 19.3. The van der Waals surface area contributed by atoms with E-state index in [-0.39, 0.29) is 18.6 Å². The van der Waals surface area contributed by atoms with Crippen LogP contribution in [0.15, 0.2) is 25.0 Å². The molecule has 2 aromatic heterocycles. The molecule has 10 N–H and O–H groups in total. The topological polar surface area (TPSA) is 251 Å². The molecule has 0 radical (unpaired) electrons. The van der Waals surface area contributed by atoms with E-state index in [2.05, 4.69) is 48.5 Å². The van der Waals surface area contributed by atoms with Crippen LogP contribution in [0.3, 0.4) is 0 Å². The summed E-state index contributed by atoms with van der Waals surface area (Å²) in [5.41, 5.74) is 11.7. The zero-order valence-electron chi connectivity index (χ0n) is 18.4. The average Bonchev–Trinajstić information content (AvgIpc) is 3.49. The first-order valence-electron chi connectivity index (χ1n) is 10.3. The number of aromatic amines is 2. The van der Waals surface area contributed by atoms with Gasteiger partial charge in [0.15, 0.2) is 0 Å². The molecule has 35 heavy (non-hydrogen) atoms. The molecular weight excluding hydrogens is 482 g/mol. The lowest BCUT2D eigenvalue weighted by Crippen LogP contribution is -2.58. The molecule has 0 aromatic carbocycles. The fourth-order valence-electron chi connectivity index (χ4n) is 2.97. The molecule has 0 aliphatic carbocycles. The summed E-state index contributed by atoms with van der Waals surface area (Å²) >= 11 is 3.92. The van der Waals surface area contributed by atoms with Crippen LogP contribution in [0.4, 0.5) is 0 Å². The molecule has 0 saturated heterocycles. The van der Waals surface area contributed by atoms with Crippen LogP contribution in [-0.4, -0.2) is 84.6 Å². The summed E-state index contributed by atoms with van der Waals surface area (Å²) in [5.74, 6) is -4.63. The largest absolute Gasteiger partial charge is 0.480 e. The van der Waals surface area contributed by atoms with Crippen LogP contribution in [0.2, 0.25) is 0 Å². The molecule has 16 heteroatoms. The van der Waals surface area contributed by atoms with Crippen LogP contribution in [-0.2, 0) is 36.8 Å². The average molecular weight is 510 g/mol. The number of hydrogen-bond donors (Lipinski definition) is 9. The van der Waals surface area contributed by atoms with Gasteiger partial charge in [-0.25, -0.2) is 14.8 Å². The molecule has 0 fully saturated rings. The van der Waals surface area contributed by atoms with E-state index in [4.69, 9.17) is 11.5 Å². The molecule has 4 amide bonds. The number of carbonyl (C=O) groups excluding carboxylic acids is 4. The van der Waals surface area contributed by atoms with Crippen molar-refractivity contribution < 1.29 is 29.1 Å². The summed E-state index contributed by atoms with van der Waals surface area (Å²) in [6.07, 6.45) is 5.09. The van der Waals surface area contributed by atoms with Gasteiger partial charge >= 0.3 is 5.97 Å². The van der Waals surface area contributed by atoms with Gasteiger partial charge < -0.3 is 42.5 Å². The number of nitrogens with two attached hydrogens (primary N) is 2. The van der Waals surface area contributed by atoms with Crippen LogP contribution in [0.25, 0.3) is 0 Å². The highest BCUT2D eigenvalue weighted by molar-refractivity contribution is 7.80. The van der Waals surface area contributed by atoms with Crippen molar-refractivity contribution in [3.8, 4) is 0 Å². The van der Waals surface area contributed by atoms with Gasteiger partial charge in [-0.05, 0) is 0 Å². The number of nitrogens with one attached hydrogen (secondary N) is 5. The van der Waals surface area contributed by atoms with E-state index < -0.39 is 60.2 Å². The summed E-state index contributed by atoms with van der Waals surface area (Å²) < 4.78 is 0. The Hall–Kier alpha value is -3.92. The predicted molar refractivity (Wildman–Crippen MR) is 124 cm³/mol. The number of aromatic nitrogens is 4. The van der Waals surface area contributed by atoms with Gasteiger partial charge in [0.25, 0.3) is 0 Å². The second kappa shape index (κ2) is 13.1. The maximum absolute atomic E-state index is 13.2. The minimum atomic E-state index is -1.30. The highest BCUT2D eigenvalue weighted by atomic mass is 32.1. The van der Waals surface area contributed by atoms with E-state index in [9.17, 15) is 29.1 Å².